The zero-order chi connectivity index (χ0) is 12.5. The summed E-state index contributed by atoms with van der Waals surface area (Å²) >= 11 is 0. The van der Waals surface area contributed by atoms with Gasteiger partial charge in [-0.15, -0.1) is 0 Å². The molecular weight excluding hydrogens is 198 g/mol. The summed E-state index contributed by atoms with van der Waals surface area (Å²) in [5.74, 6) is 0. The fraction of sp³-hybridized carbons (Fsp3) is 0.538. The summed E-state index contributed by atoms with van der Waals surface area (Å²) < 4.78 is 0. The summed E-state index contributed by atoms with van der Waals surface area (Å²) in [5.41, 5.74) is 22.4. The Morgan fingerprint density at radius 2 is 1.19 bits per heavy atom. The van der Waals surface area contributed by atoms with Gasteiger partial charge in [0.15, 0.2) is 0 Å². The Labute approximate surface area is 98.0 Å². The van der Waals surface area contributed by atoms with E-state index in [-0.39, 0.29) is 18.1 Å². The average molecular weight is 221 g/mol. The second-order valence-corrected chi connectivity index (χ2v) is 4.69. The number of nitrogens with two attached hydrogens (primary N) is 3. The van der Waals surface area contributed by atoms with Gasteiger partial charge in [0.25, 0.3) is 0 Å². The van der Waals surface area contributed by atoms with Crippen molar-refractivity contribution in [2.75, 3.05) is 0 Å². The van der Waals surface area contributed by atoms with E-state index in [1.54, 1.807) is 0 Å². The SMILES string of the molecule is Cc1c(C(C)N)cc(C(C)N)cc1C(C)N. The van der Waals surface area contributed by atoms with E-state index in [2.05, 4.69) is 19.1 Å². The van der Waals surface area contributed by atoms with Crippen LogP contribution < -0.4 is 17.2 Å². The molecule has 1 aromatic rings. The van der Waals surface area contributed by atoms with Gasteiger partial charge in [-0.1, -0.05) is 12.1 Å². The maximum atomic E-state index is 5.97. The molecule has 0 aliphatic rings. The van der Waals surface area contributed by atoms with Gasteiger partial charge in [0.05, 0.1) is 0 Å². The quantitative estimate of drug-likeness (QED) is 0.731. The lowest BCUT2D eigenvalue weighted by atomic mass is 9.90. The van der Waals surface area contributed by atoms with Crippen molar-refractivity contribution in [1.29, 1.82) is 0 Å². The van der Waals surface area contributed by atoms with Crippen molar-refractivity contribution < 1.29 is 0 Å². The number of hydrogen-bond donors (Lipinski definition) is 3. The Hall–Kier alpha value is -0.900. The van der Waals surface area contributed by atoms with E-state index < -0.39 is 0 Å². The van der Waals surface area contributed by atoms with Crippen LogP contribution >= 0.6 is 0 Å². The first-order valence-electron chi connectivity index (χ1n) is 5.75. The highest BCUT2D eigenvalue weighted by Crippen LogP contribution is 2.27. The third-order valence-corrected chi connectivity index (χ3v) is 3.02. The molecule has 0 heterocycles. The summed E-state index contributed by atoms with van der Waals surface area (Å²) in [4.78, 5) is 0. The smallest absolute Gasteiger partial charge is 0.0268 e. The molecule has 3 heteroatoms. The van der Waals surface area contributed by atoms with Gasteiger partial charge in [0.1, 0.15) is 0 Å². The molecule has 3 unspecified atom stereocenters. The molecule has 90 valence electrons. The minimum absolute atomic E-state index is 0.00981. The second kappa shape index (κ2) is 4.95. The minimum Gasteiger partial charge on any atom is -0.324 e. The molecule has 0 aliphatic heterocycles. The van der Waals surface area contributed by atoms with Crippen LogP contribution in [-0.2, 0) is 0 Å². The van der Waals surface area contributed by atoms with Crippen LogP contribution in [0.3, 0.4) is 0 Å². The van der Waals surface area contributed by atoms with E-state index in [0.29, 0.717) is 0 Å². The van der Waals surface area contributed by atoms with Crippen LogP contribution in [0.1, 0.15) is 61.2 Å². The Bertz CT molecular complexity index is 338. The zero-order valence-corrected chi connectivity index (χ0v) is 10.6. The molecule has 0 aliphatic carbocycles. The maximum Gasteiger partial charge on any atom is 0.0268 e. The van der Waals surface area contributed by atoms with Gasteiger partial charge in [0.2, 0.25) is 0 Å². The van der Waals surface area contributed by atoms with Crippen molar-refractivity contribution in [3.05, 3.63) is 34.4 Å². The van der Waals surface area contributed by atoms with Crippen molar-refractivity contribution in [1.82, 2.24) is 0 Å². The molecule has 1 rings (SSSR count). The first kappa shape index (κ1) is 13.2. The van der Waals surface area contributed by atoms with E-state index >= 15 is 0 Å². The summed E-state index contributed by atoms with van der Waals surface area (Å²) in [7, 11) is 0. The molecule has 0 saturated carbocycles. The van der Waals surface area contributed by atoms with E-state index in [1.165, 1.54) is 5.56 Å². The van der Waals surface area contributed by atoms with E-state index in [9.17, 15) is 0 Å². The fourth-order valence-electron chi connectivity index (χ4n) is 1.99. The lowest BCUT2D eigenvalue weighted by molar-refractivity contribution is 0.751. The number of rotatable bonds is 3. The molecule has 0 radical (unpaired) electrons. The molecule has 16 heavy (non-hydrogen) atoms. The monoisotopic (exact) mass is 221 g/mol. The Morgan fingerprint density at radius 3 is 1.44 bits per heavy atom. The van der Waals surface area contributed by atoms with E-state index in [1.807, 2.05) is 20.8 Å². The third-order valence-electron chi connectivity index (χ3n) is 3.02. The van der Waals surface area contributed by atoms with Gasteiger partial charge in [-0.05, 0) is 49.9 Å². The lowest BCUT2D eigenvalue weighted by Gasteiger charge is -2.20. The summed E-state index contributed by atoms with van der Waals surface area (Å²) in [6.07, 6.45) is 0. The Balaban J connectivity index is 3.39. The third kappa shape index (κ3) is 2.61. The van der Waals surface area contributed by atoms with Crippen molar-refractivity contribution >= 4 is 0 Å². The minimum atomic E-state index is 0.00981. The van der Waals surface area contributed by atoms with Crippen LogP contribution in [0, 0.1) is 6.92 Å². The van der Waals surface area contributed by atoms with Crippen LogP contribution in [0.25, 0.3) is 0 Å². The summed E-state index contributed by atoms with van der Waals surface area (Å²) in [5, 5.41) is 0. The predicted molar refractivity (Wildman–Crippen MR) is 69.0 cm³/mol. The van der Waals surface area contributed by atoms with Crippen LogP contribution in [0.4, 0.5) is 0 Å². The topological polar surface area (TPSA) is 78.1 Å². The second-order valence-electron chi connectivity index (χ2n) is 4.69. The van der Waals surface area contributed by atoms with Gasteiger partial charge in [-0.25, -0.2) is 0 Å². The molecule has 0 amide bonds. The highest BCUT2D eigenvalue weighted by atomic mass is 14.6. The summed E-state index contributed by atoms with van der Waals surface area (Å²) in [6.45, 7) is 8.01. The van der Waals surface area contributed by atoms with Gasteiger partial charge in [-0.3, -0.25) is 0 Å². The first-order chi connectivity index (χ1) is 7.34. The molecule has 6 N–H and O–H groups in total. The molecule has 0 aromatic heterocycles. The normalized spacial score (nSPS) is 16.9. The Kier molecular flexibility index (Phi) is 4.08. The molecule has 0 spiro atoms. The van der Waals surface area contributed by atoms with Crippen LogP contribution in [0.5, 0.6) is 0 Å². The standard InChI is InChI=1S/C13H23N3/c1-7-12(9(3)15)5-11(8(2)14)6-13(7)10(4)16/h5-6,8-10H,14-16H2,1-4H3. The van der Waals surface area contributed by atoms with Crippen LogP contribution in [-0.4, -0.2) is 0 Å². The van der Waals surface area contributed by atoms with Crippen LogP contribution in [0.15, 0.2) is 12.1 Å². The molecular formula is C13H23N3. The van der Waals surface area contributed by atoms with Gasteiger partial charge >= 0.3 is 0 Å². The molecule has 1 aromatic carbocycles. The Morgan fingerprint density at radius 1 is 0.812 bits per heavy atom. The van der Waals surface area contributed by atoms with Crippen molar-refractivity contribution in [3.63, 3.8) is 0 Å². The van der Waals surface area contributed by atoms with Gasteiger partial charge < -0.3 is 17.2 Å². The highest BCUT2D eigenvalue weighted by Gasteiger charge is 2.14. The van der Waals surface area contributed by atoms with Crippen LogP contribution in [0.2, 0.25) is 0 Å². The largest absolute Gasteiger partial charge is 0.324 e. The average Bonchev–Trinajstić information content (AvgIpc) is 2.16. The zero-order valence-electron chi connectivity index (χ0n) is 10.6. The number of benzene rings is 1. The highest BCUT2D eigenvalue weighted by molar-refractivity contribution is 5.42. The molecule has 0 saturated heterocycles. The molecule has 0 fully saturated rings. The molecule has 0 bridgehead atoms. The van der Waals surface area contributed by atoms with Gasteiger partial charge in [0, 0.05) is 18.1 Å². The van der Waals surface area contributed by atoms with Crippen molar-refractivity contribution in [2.45, 2.75) is 45.8 Å². The van der Waals surface area contributed by atoms with E-state index in [4.69, 9.17) is 17.2 Å². The fourth-order valence-corrected chi connectivity index (χ4v) is 1.99. The van der Waals surface area contributed by atoms with Crippen molar-refractivity contribution in [3.8, 4) is 0 Å². The summed E-state index contributed by atoms with van der Waals surface area (Å²) in [6, 6.07) is 4.22. The molecule has 3 nitrogen and oxygen atoms in total. The first-order valence-corrected chi connectivity index (χ1v) is 5.75. The van der Waals surface area contributed by atoms with E-state index in [0.717, 1.165) is 16.7 Å². The maximum absolute atomic E-state index is 5.97. The molecule has 3 atom stereocenters. The number of hydrogen-bond acceptors (Lipinski definition) is 3. The lowest BCUT2D eigenvalue weighted by Crippen LogP contribution is -2.16. The van der Waals surface area contributed by atoms with Crippen molar-refractivity contribution in [2.24, 2.45) is 17.2 Å². The van der Waals surface area contributed by atoms with Gasteiger partial charge in [-0.2, -0.15) is 0 Å². The predicted octanol–water partition coefficient (Wildman–Crippen LogP) is 2.05.